The highest BCUT2D eigenvalue weighted by atomic mass is 35.5. The standard InChI is InChI=1S/C13H12ClN4O7/c1-4(20)18-11(23)7-10(16-13(18)24)17(2-6(14)15-7)12-9(22)8(21)5(3-19)25-12/h2,5,8-9,12,21-22H,3H2,1H3/t5-,8-,9-,12+/m1/s1. The molecule has 0 amide bonds. The fraction of sp³-hybridized carbons (Fsp3) is 0.462. The summed E-state index contributed by atoms with van der Waals surface area (Å²) < 4.78 is 6.61. The van der Waals surface area contributed by atoms with Gasteiger partial charge in [-0.1, -0.05) is 11.6 Å². The van der Waals surface area contributed by atoms with Gasteiger partial charge in [0.1, 0.15) is 30.1 Å². The number of rotatable bonds is 2. The van der Waals surface area contributed by atoms with Crippen LogP contribution in [-0.2, 0) is 9.84 Å². The topological polar surface area (TPSA) is 156 Å². The van der Waals surface area contributed by atoms with Gasteiger partial charge in [0.25, 0.3) is 5.56 Å². The van der Waals surface area contributed by atoms with Crippen molar-refractivity contribution in [1.29, 1.82) is 0 Å². The molecule has 11 nitrogen and oxygen atoms in total. The van der Waals surface area contributed by atoms with Crippen molar-refractivity contribution < 1.29 is 24.9 Å². The first kappa shape index (κ1) is 17.6. The van der Waals surface area contributed by atoms with Crippen molar-refractivity contribution in [2.75, 3.05) is 6.61 Å². The highest BCUT2D eigenvalue weighted by molar-refractivity contribution is 6.29. The second-order valence-electron chi connectivity index (χ2n) is 5.41. The molecule has 3 heterocycles. The van der Waals surface area contributed by atoms with Crippen LogP contribution in [0.4, 0.5) is 0 Å². The lowest BCUT2D eigenvalue weighted by Crippen LogP contribution is -2.42. The molecule has 12 heteroatoms. The minimum atomic E-state index is -1.53. The fourth-order valence-electron chi connectivity index (χ4n) is 2.64. The average molecular weight is 372 g/mol. The van der Waals surface area contributed by atoms with Crippen molar-refractivity contribution in [1.82, 2.24) is 19.1 Å². The third-order valence-corrected chi connectivity index (χ3v) is 3.99. The van der Waals surface area contributed by atoms with Crippen LogP contribution in [0.5, 0.6) is 0 Å². The van der Waals surface area contributed by atoms with Crippen molar-refractivity contribution in [3.8, 4) is 11.5 Å². The van der Waals surface area contributed by atoms with E-state index in [-0.39, 0.29) is 15.5 Å². The highest BCUT2D eigenvalue weighted by Gasteiger charge is 2.44. The summed E-state index contributed by atoms with van der Waals surface area (Å²) in [6, 6.07) is 0. The predicted octanol–water partition coefficient (Wildman–Crippen LogP) is -1.73. The number of aliphatic hydroxyl groups excluding tert-OH is 2. The number of nitrogens with zero attached hydrogens (tertiary/aromatic N) is 4. The van der Waals surface area contributed by atoms with E-state index in [2.05, 4.69) is 9.97 Å². The summed E-state index contributed by atoms with van der Waals surface area (Å²) >= 11 is 5.87. The summed E-state index contributed by atoms with van der Waals surface area (Å²) in [4.78, 5) is 43.2. The number of aromatic nitrogens is 4. The first-order chi connectivity index (χ1) is 11.8. The number of aliphatic hydroxyl groups is 2. The Morgan fingerprint density at radius 2 is 2.00 bits per heavy atom. The Hall–Kier alpha value is -2.18. The lowest BCUT2D eigenvalue weighted by atomic mass is 10.1. The minimum absolute atomic E-state index is 0.212. The summed E-state index contributed by atoms with van der Waals surface area (Å²) in [5, 5.41) is 30.7. The smallest absolute Gasteiger partial charge is 0.359 e. The molecule has 0 aromatic heterocycles. The summed E-state index contributed by atoms with van der Waals surface area (Å²) in [5.41, 5.74) is -2.58. The Balaban J connectivity index is 2.26. The molecule has 0 bridgehead atoms. The molecule has 0 saturated carbocycles. The largest absolute Gasteiger partial charge is 0.387 e. The zero-order chi connectivity index (χ0) is 18.5. The Morgan fingerprint density at radius 3 is 2.56 bits per heavy atom. The van der Waals surface area contributed by atoms with E-state index in [1.165, 1.54) is 0 Å². The predicted molar refractivity (Wildman–Crippen MR) is 80.0 cm³/mol. The van der Waals surface area contributed by atoms with Gasteiger partial charge in [-0.25, -0.2) is 14.9 Å². The first-order valence-corrected chi connectivity index (χ1v) is 7.46. The van der Waals surface area contributed by atoms with E-state index in [9.17, 15) is 29.7 Å². The van der Waals surface area contributed by atoms with Crippen LogP contribution in [0.2, 0.25) is 5.15 Å². The number of hydrogen-bond acceptors (Lipinski definition) is 8. The van der Waals surface area contributed by atoms with Crippen molar-refractivity contribution in [3.63, 3.8) is 0 Å². The van der Waals surface area contributed by atoms with Gasteiger partial charge in [-0.2, -0.15) is 9.55 Å². The van der Waals surface area contributed by atoms with Crippen LogP contribution >= 0.6 is 11.6 Å². The molecule has 4 atom stereocenters. The summed E-state index contributed by atoms with van der Waals surface area (Å²) in [6.07, 6.45) is -4.39. The molecular weight excluding hydrogens is 360 g/mol. The molecule has 2 N–H and O–H groups in total. The Bertz CT molecular complexity index is 926. The van der Waals surface area contributed by atoms with Crippen LogP contribution in [0.15, 0.2) is 15.8 Å². The number of ether oxygens (including phenoxy) is 1. The molecule has 3 aliphatic heterocycles. The lowest BCUT2D eigenvalue weighted by molar-refractivity contribution is -0.0636. The van der Waals surface area contributed by atoms with Crippen LogP contribution in [0.25, 0.3) is 11.5 Å². The molecule has 0 aliphatic carbocycles. The first-order valence-electron chi connectivity index (χ1n) is 7.08. The Kier molecular flexibility index (Phi) is 4.43. The number of hydrogen-bond donors (Lipinski definition) is 2. The van der Waals surface area contributed by atoms with Gasteiger partial charge < -0.3 is 14.9 Å². The van der Waals surface area contributed by atoms with Crippen LogP contribution in [0.1, 0.15) is 17.9 Å². The Labute approximate surface area is 144 Å². The third kappa shape index (κ3) is 2.75. The van der Waals surface area contributed by atoms with E-state index in [1.807, 2.05) is 0 Å². The van der Waals surface area contributed by atoms with Crippen LogP contribution in [-0.4, -0.2) is 60.1 Å². The van der Waals surface area contributed by atoms with Gasteiger partial charge in [0.15, 0.2) is 17.7 Å². The van der Waals surface area contributed by atoms with E-state index in [0.717, 1.165) is 17.7 Å². The van der Waals surface area contributed by atoms with Crippen LogP contribution < -0.4 is 11.2 Å². The van der Waals surface area contributed by atoms with Gasteiger partial charge in [-0.15, -0.1) is 0 Å². The van der Waals surface area contributed by atoms with E-state index in [0.29, 0.717) is 0 Å². The van der Waals surface area contributed by atoms with E-state index in [1.54, 1.807) is 0 Å². The SMILES string of the molecule is CC(=O)n1c(=O)nc2n([C@H]3O[C@H](C[O])[C@@H](O)[C@H]3O)cc(Cl)nc-2c1=O. The fourth-order valence-corrected chi connectivity index (χ4v) is 2.83. The van der Waals surface area contributed by atoms with Crippen molar-refractivity contribution >= 4 is 17.5 Å². The molecule has 3 aliphatic rings. The monoisotopic (exact) mass is 371 g/mol. The van der Waals surface area contributed by atoms with Gasteiger partial charge in [-0.3, -0.25) is 14.2 Å². The van der Waals surface area contributed by atoms with E-state index >= 15 is 0 Å². The van der Waals surface area contributed by atoms with Gasteiger partial charge in [0.2, 0.25) is 5.91 Å². The van der Waals surface area contributed by atoms with Gasteiger partial charge in [0, 0.05) is 13.1 Å². The van der Waals surface area contributed by atoms with Crippen molar-refractivity contribution in [3.05, 3.63) is 32.2 Å². The maximum atomic E-state index is 12.3. The van der Waals surface area contributed by atoms with Gasteiger partial charge in [-0.05, 0) is 0 Å². The molecule has 0 spiro atoms. The van der Waals surface area contributed by atoms with Gasteiger partial charge in [0.05, 0.1) is 0 Å². The normalized spacial score (nSPS) is 26.3. The molecule has 1 radical (unpaired) electrons. The number of carbonyl (C=O) groups is 1. The molecule has 25 heavy (non-hydrogen) atoms. The summed E-state index contributed by atoms with van der Waals surface area (Å²) in [5.74, 6) is -1.16. The number of carbonyl (C=O) groups excluding carboxylic acids is 1. The Morgan fingerprint density at radius 1 is 1.32 bits per heavy atom. The summed E-state index contributed by atoms with van der Waals surface area (Å²) in [7, 11) is 0. The van der Waals surface area contributed by atoms with E-state index < -0.39 is 54.0 Å². The molecule has 0 unspecified atom stereocenters. The average Bonchev–Trinajstić information content (AvgIpc) is 2.82. The molecule has 1 saturated heterocycles. The number of halogens is 1. The maximum absolute atomic E-state index is 12.3. The minimum Gasteiger partial charge on any atom is -0.387 e. The van der Waals surface area contributed by atoms with Gasteiger partial charge >= 0.3 is 5.69 Å². The molecule has 0 aromatic carbocycles. The number of fused-ring (bicyclic) bond motifs is 1. The second kappa shape index (κ2) is 6.28. The maximum Gasteiger partial charge on any atom is 0.359 e. The third-order valence-electron chi connectivity index (χ3n) is 3.81. The lowest BCUT2D eigenvalue weighted by Gasteiger charge is -2.22. The quantitative estimate of drug-likeness (QED) is 0.630. The molecule has 3 rings (SSSR count). The molecular formula is C13H12ClN4O7. The zero-order valence-corrected chi connectivity index (χ0v) is 13.5. The van der Waals surface area contributed by atoms with Crippen LogP contribution in [0.3, 0.4) is 0 Å². The highest BCUT2D eigenvalue weighted by Crippen LogP contribution is 2.32. The zero-order valence-electron chi connectivity index (χ0n) is 12.7. The van der Waals surface area contributed by atoms with E-state index in [4.69, 9.17) is 16.3 Å². The van der Waals surface area contributed by atoms with Crippen molar-refractivity contribution in [2.24, 2.45) is 0 Å². The van der Waals surface area contributed by atoms with Crippen LogP contribution in [0, 0.1) is 0 Å². The van der Waals surface area contributed by atoms with Crippen molar-refractivity contribution in [2.45, 2.75) is 31.5 Å². The second-order valence-corrected chi connectivity index (χ2v) is 5.80. The molecule has 133 valence electrons. The summed E-state index contributed by atoms with van der Waals surface area (Å²) in [6.45, 7) is 0.192. The molecule has 1 fully saturated rings. The molecule has 0 aromatic rings.